The number of hydrogen-bond acceptors (Lipinski definition) is 7. The quantitative estimate of drug-likeness (QED) is 0.288. The van der Waals surface area contributed by atoms with Gasteiger partial charge in [-0.2, -0.15) is 0 Å². The molecule has 2 rings (SSSR count). The second-order valence-electron chi connectivity index (χ2n) is 5.03. The van der Waals surface area contributed by atoms with Crippen LogP contribution in [0.5, 0.6) is 0 Å². The predicted octanol–water partition coefficient (Wildman–Crippen LogP) is 1.86. The smallest absolute Gasteiger partial charge is 0.329 e. The Morgan fingerprint density at radius 3 is 2.67 bits per heavy atom. The van der Waals surface area contributed by atoms with Gasteiger partial charge >= 0.3 is 5.97 Å². The monoisotopic (exact) mass is 330 g/mol. The predicted molar refractivity (Wildman–Crippen MR) is 85.0 cm³/mol. The number of esters is 1. The van der Waals surface area contributed by atoms with Crippen LogP contribution in [-0.4, -0.2) is 29.5 Å². The van der Waals surface area contributed by atoms with E-state index in [1.807, 2.05) is 0 Å². The third kappa shape index (κ3) is 3.54. The van der Waals surface area contributed by atoms with Gasteiger partial charge < -0.3 is 10.1 Å². The number of nitrogens with one attached hydrogen (secondary N) is 1. The highest BCUT2D eigenvalue weighted by molar-refractivity contribution is 6.25. The van der Waals surface area contributed by atoms with Crippen molar-refractivity contribution in [2.75, 3.05) is 12.4 Å². The maximum absolute atomic E-state index is 12.1. The van der Waals surface area contributed by atoms with Gasteiger partial charge in [0, 0.05) is 19.2 Å². The van der Waals surface area contributed by atoms with Crippen LogP contribution in [-0.2, 0) is 19.1 Å². The van der Waals surface area contributed by atoms with Crippen LogP contribution in [0.1, 0.15) is 12.5 Å². The Bertz CT molecular complexity index is 794. The molecule has 24 heavy (non-hydrogen) atoms. The Balaban J connectivity index is 2.23. The summed E-state index contributed by atoms with van der Waals surface area (Å²) in [4.78, 5) is 45.9. The summed E-state index contributed by atoms with van der Waals surface area (Å²) in [6.45, 7) is 1.44. The molecule has 0 saturated heterocycles. The molecule has 0 amide bonds. The number of ether oxygens (including phenoxy) is 1. The van der Waals surface area contributed by atoms with Gasteiger partial charge in [-0.3, -0.25) is 24.5 Å². The molecule has 8 nitrogen and oxygen atoms in total. The number of nitro groups is 1. The van der Waals surface area contributed by atoms with Crippen molar-refractivity contribution in [3.63, 3.8) is 0 Å². The van der Waals surface area contributed by atoms with Crippen molar-refractivity contribution in [3.8, 4) is 0 Å². The summed E-state index contributed by atoms with van der Waals surface area (Å²) >= 11 is 0. The van der Waals surface area contributed by atoms with Crippen LogP contribution in [0.4, 0.5) is 11.4 Å². The molecular formula is C16H14N2O6. The number of nitro benzene ring substituents is 1. The number of carbonyl (C=O) groups excluding carboxylic acids is 3. The Morgan fingerprint density at radius 2 is 2.08 bits per heavy atom. The topological polar surface area (TPSA) is 116 Å². The Hall–Kier alpha value is -3.29. The summed E-state index contributed by atoms with van der Waals surface area (Å²) in [5.74, 6) is -3.71. The van der Waals surface area contributed by atoms with E-state index in [9.17, 15) is 24.5 Å². The van der Waals surface area contributed by atoms with E-state index >= 15 is 0 Å². The summed E-state index contributed by atoms with van der Waals surface area (Å²) in [7, 11) is 1.55. The number of carbonyl (C=O) groups is 3. The molecule has 0 aliphatic carbocycles. The minimum Gasteiger partial charge on any atom is -0.430 e. The number of rotatable bonds is 5. The van der Waals surface area contributed by atoms with E-state index in [0.29, 0.717) is 11.3 Å². The molecule has 0 saturated carbocycles. The van der Waals surface area contributed by atoms with Gasteiger partial charge in [0.1, 0.15) is 11.4 Å². The van der Waals surface area contributed by atoms with E-state index in [1.165, 1.54) is 25.1 Å². The Labute approximate surface area is 136 Å². The number of anilines is 1. The molecule has 0 aromatic heterocycles. The number of benzene rings is 1. The van der Waals surface area contributed by atoms with Crippen molar-refractivity contribution in [3.05, 3.63) is 51.8 Å². The number of ketones is 2. The molecule has 1 aromatic rings. The zero-order chi connectivity index (χ0) is 17.9. The summed E-state index contributed by atoms with van der Waals surface area (Å²) in [6.07, 6.45) is 3.43. The molecule has 1 aliphatic rings. The second-order valence-corrected chi connectivity index (χ2v) is 5.03. The fraction of sp³-hybridized carbons (Fsp3) is 0.188. The first-order valence-corrected chi connectivity index (χ1v) is 6.95. The lowest BCUT2D eigenvalue weighted by Gasteiger charge is -2.15. The van der Waals surface area contributed by atoms with Gasteiger partial charge in [-0.05, 0) is 24.6 Å². The zero-order valence-corrected chi connectivity index (χ0v) is 12.9. The molecule has 0 bridgehead atoms. The minimum atomic E-state index is -1.53. The highest BCUT2D eigenvalue weighted by atomic mass is 16.6. The van der Waals surface area contributed by atoms with Crippen molar-refractivity contribution in [1.29, 1.82) is 0 Å². The molecule has 124 valence electrons. The molecular weight excluding hydrogens is 316 g/mol. The average molecular weight is 330 g/mol. The molecule has 8 heteroatoms. The van der Waals surface area contributed by atoms with E-state index in [4.69, 9.17) is 4.74 Å². The molecule has 1 aliphatic heterocycles. The van der Waals surface area contributed by atoms with Gasteiger partial charge in [-0.1, -0.05) is 12.1 Å². The zero-order valence-electron chi connectivity index (χ0n) is 12.9. The van der Waals surface area contributed by atoms with Gasteiger partial charge in [0.2, 0.25) is 0 Å². The van der Waals surface area contributed by atoms with Gasteiger partial charge in [0.05, 0.1) is 4.92 Å². The molecule has 0 spiro atoms. The van der Waals surface area contributed by atoms with Crippen LogP contribution in [0.15, 0.2) is 36.1 Å². The van der Waals surface area contributed by atoms with E-state index in [2.05, 4.69) is 5.32 Å². The number of nitrogens with zero attached hydrogens (tertiary/aromatic N) is 1. The first-order valence-electron chi connectivity index (χ1n) is 6.95. The van der Waals surface area contributed by atoms with Crippen molar-refractivity contribution in [2.24, 2.45) is 5.92 Å². The second kappa shape index (κ2) is 6.86. The lowest BCUT2D eigenvalue weighted by atomic mass is 9.96. The fourth-order valence-corrected chi connectivity index (χ4v) is 2.19. The Kier molecular flexibility index (Phi) is 4.88. The number of cyclic esters (lactones) is 1. The molecule has 1 heterocycles. The van der Waals surface area contributed by atoms with Gasteiger partial charge in [-0.15, -0.1) is 0 Å². The highest BCUT2D eigenvalue weighted by Gasteiger charge is 2.36. The first-order chi connectivity index (χ1) is 11.3. The normalized spacial score (nSPS) is 17.4. The molecule has 1 atom stereocenters. The summed E-state index contributed by atoms with van der Waals surface area (Å²) < 4.78 is 4.77. The largest absolute Gasteiger partial charge is 0.430 e. The van der Waals surface area contributed by atoms with Crippen molar-refractivity contribution in [1.82, 2.24) is 0 Å². The molecule has 0 radical (unpaired) electrons. The van der Waals surface area contributed by atoms with Gasteiger partial charge in [-0.25, -0.2) is 0 Å². The lowest BCUT2D eigenvalue weighted by Crippen LogP contribution is -2.34. The number of hydrogen-bond donors (Lipinski definition) is 1. The van der Waals surface area contributed by atoms with E-state index < -0.39 is 28.4 Å². The van der Waals surface area contributed by atoms with Gasteiger partial charge in [0.15, 0.2) is 17.5 Å². The Morgan fingerprint density at radius 1 is 1.38 bits per heavy atom. The molecule has 1 aromatic carbocycles. The molecule has 0 fully saturated rings. The van der Waals surface area contributed by atoms with E-state index in [0.717, 1.165) is 12.2 Å². The lowest BCUT2D eigenvalue weighted by molar-refractivity contribution is -0.384. The SMILES string of the molecule is CNc1ccc(/C=C/C(=O)C2C(=O)C=C(C)OC2=O)cc1[N+](=O)[O-]. The third-order valence-corrected chi connectivity index (χ3v) is 3.34. The minimum absolute atomic E-state index is 0.135. The van der Waals surface area contributed by atoms with Crippen LogP contribution in [0.3, 0.4) is 0 Å². The maximum Gasteiger partial charge on any atom is 0.329 e. The van der Waals surface area contributed by atoms with Crippen LogP contribution in [0.2, 0.25) is 0 Å². The van der Waals surface area contributed by atoms with E-state index in [-0.39, 0.29) is 11.4 Å². The summed E-state index contributed by atoms with van der Waals surface area (Å²) in [5.41, 5.74) is 0.561. The van der Waals surface area contributed by atoms with Crippen molar-refractivity contribution >= 4 is 35.0 Å². The van der Waals surface area contributed by atoms with Crippen LogP contribution >= 0.6 is 0 Å². The van der Waals surface area contributed by atoms with Crippen molar-refractivity contribution < 1.29 is 24.0 Å². The first kappa shape index (κ1) is 17.1. The standard InChI is InChI=1S/C16H14N2O6/c1-9-7-14(20)15(16(21)24-9)13(19)6-4-10-3-5-11(17-2)12(8-10)18(22)23/h3-8,15,17H,1-2H3/b6-4+. The van der Waals surface area contributed by atoms with Crippen LogP contribution < -0.4 is 5.32 Å². The molecule has 1 N–H and O–H groups in total. The highest BCUT2D eigenvalue weighted by Crippen LogP contribution is 2.25. The fourth-order valence-electron chi connectivity index (χ4n) is 2.19. The molecule has 1 unspecified atom stereocenters. The van der Waals surface area contributed by atoms with Crippen LogP contribution in [0, 0.1) is 16.0 Å². The average Bonchev–Trinajstić information content (AvgIpc) is 2.51. The van der Waals surface area contributed by atoms with E-state index in [1.54, 1.807) is 13.1 Å². The maximum atomic E-state index is 12.1. The number of allylic oxidation sites excluding steroid dienone is 3. The van der Waals surface area contributed by atoms with Crippen molar-refractivity contribution in [2.45, 2.75) is 6.92 Å². The third-order valence-electron chi connectivity index (χ3n) is 3.34. The summed E-state index contributed by atoms with van der Waals surface area (Å²) in [5, 5.41) is 13.7. The summed E-state index contributed by atoms with van der Waals surface area (Å²) in [6, 6.07) is 4.34. The van der Waals surface area contributed by atoms with Gasteiger partial charge in [0.25, 0.3) is 5.69 Å². The van der Waals surface area contributed by atoms with Crippen LogP contribution in [0.25, 0.3) is 6.08 Å².